The number of rotatable bonds is 8. The number of nitrogens with one attached hydrogen (secondary N) is 2. The Balaban J connectivity index is 1.47. The van der Waals surface area contributed by atoms with Gasteiger partial charge >= 0.3 is 6.03 Å². The van der Waals surface area contributed by atoms with Gasteiger partial charge in [0.1, 0.15) is 12.4 Å². The smallest absolute Gasteiger partial charge is 0.319 e. The van der Waals surface area contributed by atoms with Crippen LogP contribution in [0.5, 0.6) is 5.75 Å². The van der Waals surface area contributed by atoms with Crippen molar-refractivity contribution in [2.75, 3.05) is 23.8 Å². The number of hydrogen-bond acceptors (Lipinski definition) is 4. The van der Waals surface area contributed by atoms with Gasteiger partial charge in [-0.15, -0.1) is 0 Å². The van der Waals surface area contributed by atoms with Crippen LogP contribution >= 0.6 is 0 Å². The van der Waals surface area contributed by atoms with Gasteiger partial charge in [0.15, 0.2) is 0 Å². The normalized spacial score (nSPS) is 11.4. The van der Waals surface area contributed by atoms with Gasteiger partial charge in [0, 0.05) is 49.5 Å². The molecule has 0 saturated heterocycles. The number of likely N-dealkylation sites (N-methyl/N-ethyl adjacent to an activating group) is 1. The molecule has 0 fully saturated rings. The van der Waals surface area contributed by atoms with E-state index >= 15 is 0 Å². The summed E-state index contributed by atoms with van der Waals surface area (Å²) in [5, 5.41) is 5.78. The number of anilines is 2. The summed E-state index contributed by atoms with van der Waals surface area (Å²) in [7, 11) is 2.02. The first-order valence-corrected chi connectivity index (χ1v) is 9.56. The highest BCUT2D eigenvalue weighted by molar-refractivity contribution is 5.89. The molecule has 0 bridgehead atoms. The largest absolute Gasteiger partial charge is 0.489 e. The van der Waals surface area contributed by atoms with E-state index in [4.69, 9.17) is 4.74 Å². The minimum atomic E-state index is -0.246. The fourth-order valence-electron chi connectivity index (χ4n) is 2.78. The van der Waals surface area contributed by atoms with Crippen LogP contribution < -0.4 is 20.3 Å². The van der Waals surface area contributed by atoms with Crippen molar-refractivity contribution >= 4 is 17.4 Å². The molecular weight excluding hydrogens is 364 g/mol. The fraction of sp³-hybridized carbons (Fsp3) is 0.217. The number of aromatic nitrogens is 1. The molecule has 2 amide bonds. The molecule has 0 aliphatic rings. The van der Waals surface area contributed by atoms with Gasteiger partial charge in [0.2, 0.25) is 0 Å². The molecule has 6 nitrogen and oxygen atoms in total. The quantitative estimate of drug-likeness (QED) is 0.602. The molecule has 0 spiro atoms. The zero-order valence-corrected chi connectivity index (χ0v) is 16.7. The maximum Gasteiger partial charge on any atom is 0.319 e. The van der Waals surface area contributed by atoms with E-state index in [0.717, 1.165) is 11.3 Å². The van der Waals surface area contributed by atoms with Crippen molar-refractivity contribution in [1.29, 1.82) is 0 Å². The molecule has 3 rings (SSSR count). The molecule has 1 aromatic heterocycles. The predicted octanol–water partition coefficient (Wildman–Crippen LogP) is 4.31. The number of carbonyl (C=O) groups excluding carboxylic acids is 1. The van der Waals surface area contributed by atoms with Crippen molar-refractivity contribution in [2.45, 2.75) is 19.6 Å². The van der Waals surface area contributed by atoms with Gasteiger partial charge < -0.3 is 20.3 Å². The Kier molecular flexibility index (Phi) is 7.05. The van der Waals surface area contributed by atoms with Crippen LogP contribution in [0, 0.1) is 0 Å². The summed E-state index contributed by atoms with van der Waals surface area (Å²) in [6, 6.07) is 21.2. The SMILES string of the molecule is C[C@@H](CNC(=O)Nc1cccc(OCc2ccncc2)c1)N(C)c1ccccc1. The van der Waals surface area contributed by atoms with Crippen molar-refractivity contribution < 1.29 is 9.53 Å². The molecule has 3 aromatic rings. The second-order valence-corrected chi connectivity index (χ2v) is 6.80. The van der Waals surface area contributed by atoms with E-state index in [-0.39, 0.29) is 12.1 Å². The zero-order valence-electron chi connectivity index (χ0n) is 16.7. The molecule has 0 saturated carbocycles. The van der Waals surface area contributed by atoms with Crippen LogP contribution in [0.1, 0.15) is 12.5 Å². The number of carbonyl (C=O) groups is 1. The third-order valence-electron chi connectivity index (χ3n) is 4.63. The second-order valence-electron chi connectivity index (χ2n) is 6.80. The molecule has 0 aliphatic carbocycles. The van der Waals surface area contributed by atoms with Crippen molar-refractivity contribution in [3.8, 4) is 5.75 Å². The average Bonchev–Trinajstić information content (AvgIpc) is 2.77. The van der Waals surface area contributed by atoms with E-state index in [1.165, 1.54) is 0 Å². The maximum absolute atomic E-state index is 12.3. The topological polar surface area (TPSA) is 66.5 Å². The van der Waals surface area contributed by atoms with Crippen LogP contribution in [0.2, 0.25) is 0 Å². The lowest BCUT2D eigenvalue weighted by Gasteiger charge is -2.27. The number of para-hydroxylation sites is 1. The molecule has 0 aliphatic heterocycles. The molecule has 150 valence electrons. The van der Waals surface area contributed by atoms with Crippen molar-refractivity contribution in [3.63, 3.8) is 0 Å². The minimum Gasteiger partial charge on any atom is -0.489 e. The Morgan fingerprint density at radius 1 is 1.07 bits per heavy atom. The molecule has 0 unspecified atom stereocenters. The van der Waals surface area contributed by atoms with Gasteiger partial charge in [-0.1, -0.05) is 24.3 Å². The van der Waals surface area contributed by atoms with Crippen LogP contribution in [0.15, 0.2) is 79.1 Å². The van der Waals surface area contributed by atoms with Crippen molar-refractivity contribution in [3.05, 3.63) is 84.7 Å². The molecule has 29 heavy (non-hydrogen) atoms. The van der Waals surface area contributed by atoms with Gasteiger partial charge in [-0.05, 0) is 48.9 Å². The number of benzene rings is 2. The van der Waals surface area contributed by atoms with Crippen LogP contribution in [0.4, 0.5) is 16.2 Å². The van der Waals surface area contributed by atoms with Gasteiger partial charge in [-0.3, -0.25) is 4.98 Å². The summed E-state index contributed by atoms with van der Waals surface area (Å²) < 4.78 is 5.79. The predicted molar refractivity (Wildman–Crippen MR) is 116 cm³/mol. The Morgan fingerprint density at radius 3 is 2.59 bits per heavy atom. The monoisotopic (exact) mass is 390 g/mol. The number of ether oxygens (including phenoxy) is 1. The first kappa shape index (κ1) is 20.2. The maximum atomic E-state index is 12.3. The molecular formula is C23H26N4O2. The summed E-state index contributed by atoms with van der Waals surface area (Å²) in [5.41, 5.74) is 2.83. The Morgan fingerprint density at radius 2 is 1.83 bits per heavy atom. The number of urea groups is 1. The minimum absolute atomic E-state index is 0.151. The van der Waals surface area contributed by atoms with Gasteiger partial charge in [0.05, 0.1) is 0 Å². The number of pyridine rings is 1. The molecule has 1 heterocycles. The van der Waals surface area contributed by atoms with E-state index in [1.807, 2.05) is 67.7 Å². The molecule has 6 heteroatoms. The third kappa shape index (κ3) is 6.24. The standard InChI is InChI=1S/C23H26N4O2/c1-18(27(2)21-8-4-3-5-9-21)16-25-23(28)26-20-7-6-10-22(15-20)29-17-19-11-13-24-14-12-19/h3-15,18H,16-17H2,1-2H3,(H2,25,26,28)/t18-/m0/s1. The Bertz CT molecular complexity index is 903. The third-order valence-corrected chi connectivity index (χ3v) is 4.63. The first-order chi connectivity index (χ1) is 14.1. The van der Waals surface area contributed by atoms with Gasteiger partial charge in [-0.2, -0.15) is 0 Å². The molecule has 2 aromatic carbocycles. The van der Waals surface area contributed by atoms with E-state index in [2.05, 4.69) is 27.4 Å². The second kappa shape index (κ2) is 10.1. The number of amides is 2. The summed E-state index contributed by atoms with van der Waals surface area (Å²) in [5.74, 6) is 0.691. The van der Waals surface area contributed by atoms with Gasteiger partial charge in [0.25, 0.3) is 0 Å². The van der Waals surface area contributed by atoms with Crippen LogP contribution in [0.25, 0.3) is 0 Å². The van der Waals surface area contributed by atoms with E-state index in [0.29, 0.717) is 24.6 Å². The summed E-state index contributed by atoms with van der Waals surface area (Å²) >= 11 is 0. The van der Waals surface area contributed by atoms with Crippen molar-refractivity contribution in [1.82, 2.24) is 10.3 Å². The Hall–Kier alpha value is -3.54. The van der Waals surface area contributed by atoms with E-state index in [9.17, 15) is 4.79 Å². The van der Waals surface area contributed by atoms with Crippen LogP contribution in [-0.2, 0) is 6.61 Å². The lowest BCUT2D eigenvalue weighted by atomic mass is 10.2. The highest BCUT2D eigenvalue weighted by Crippen LogP contribution is 2.18. The highest BCUT2D eigenvalue weighted by Gasteiger charge is 2.11. The number of nitrogens with zero attached hydrogens (tertiary/aromatic N) is 2. The van der Waals surface area contributed by atoms with Crippen molar-refractivity contribution in [2.24, 2.45) is 0 Å². The van der Waals surface area contributed by atoms with E-state index in [1.54, 1.807) is 18.5 Å². The average molecular weight is 390 g/mol. The summed E-state index contributed by atoms with van der Waals surface area (Å²) in [4.78, 5) is 18.4. The number of hydrogen-bond donors (Lipinski definition) is 2. The van der Waals surface area contributed by atoms with Gasteiger partial charge in [-0.25, -0.2) is 4.79 Å². The fourth-order valence-corrected chi connectivity index (χ4v) is 2.78. The molecule has 2 N–H and O–H groups in total. The molecule has 1 atom stereocenters. The highest BCUT2D eigenvalue weighted by atomic mass is 16.5. The lowest BCUT2D eigenvalue weighted by molar-refractivity contribution is 0.251. The zero-order chi connectivity index (χ0) is 20.5. The van der Waals surface area contributed by atoms with Crippen LogP contribution in [0.3, 0.4) is 0 Å². The summed E-state index contributed by atoms with van der Waals surface area (Å²) in [6.07, 6.45) is 3.47. The van der Waals surface area contributed by atoms with E-state index < -0.39 is 0 Å². The van der Waals surface area contributed by atoms with Crippen LogP contribution in [-0.4, -0.2) is 30.6 Å². The first-order valence-electron chi connectivity index (χ1n) is 9.56. The molecule has 0 radical (unpaired) electrons. The Labute approximate surface area is 171 Å². The lowest BCUT2D eigenvalue weighted by Crippen LogP contribution is -2.41. The summed E-state index contributed by atoms with van der Waals surface area (Å²) in [6.45, 7) is 3.04.